The van der Waals surface area contributed by atoms with E-state index in [4.69, 9.17) is 28.9 Å². The minimum Gasteiger partial charge on any atom is -0.366 e. The Morgan fingerprint density at radius 1 is 0.886 bits per heavy atom. The number of hydrogen-bond acceptors (Lipinski definition) is 15. The zero-order valence-electron chi connectivity index (χ0n) is 21.4. The minimum absolute atomic E-state index is 0.172. The number of nitrogens with two attached hydrogens (primary N) is 1. The molecule has 0 spiro atoms. The molecule has 236 valence electrons. The molecular formula is C24H21Cl2FN4O13. The molecule has 2 amide bonds. The largest absolute Gasteiger partial charge is 0.377 e. The highest BCUT2D eigenvalue weighted by molar-refractivity contribution is 6.35. The maximum absolute atomic E-state index is 14.7. The molecule has 4 rings (SSSR count). The Labute approximate surface area is 253 Å². The fraction of sp³-hybridized carbons (Fsp3) is 0.208. The molecule has 1 aliphatic heterocycles. The van der Waals surface area contributed by atoms with Gasteiger partial charge in [-0.15, -0.1) is 0 Å². The molecule has 13 N–H and O–H groups in total. The van der Waals surface area contributed by atoms with E-state index in [9.17, 15) is 70.2 Å². The summed E-state index contributed by atoms with van der Waals surface area (Å²) < 4.78 is 14.7. The molecule has 2 heterocycles. The van der Waals surface area contributed by atoms with Crippen molar-refractivity contribution in [3.63, 3.8) is 0 Å². The predicted octanol–water partition coefficient (Wildman–Crippen LogP) is -3.01. The van der Waals surface area contributed by atoms with E-state index in [2.05, 4.69) is 4.98 Å². The van der Waals surface area contributed by atoms with E-state index >= 15 is 0 Å². The van der Waals surface area contributed by atoms with E-state index in [1.807, 2.05) is 0 Å². The molecule has 0 saturated carbocycles. The molecule has 1 fully saturated rings. The number of benzene rings is 2. The Hall–Kier alpha value is -3.60. The Bertz CT molecular complexity index is 1630. The summed E-state index contributed by atoms with van der Waals surface area (Å²) in [5.74, 6) is -24.4. The van der Waals surface area contributed by atoms with E-state index in [0.29, 0.717) is 18.3 Å². The molecule has 0 unspecified atom stereocenters. The van der Waals surface area contributed by atoms with Crippen molar-refractivity contribution in [3.8, 4) is 11.1 Å². The van der Waals surface area contributed by atoms with Crippen LogP contribution < -0.4 is 15.5 Å². The summed E-state index contributed by atoms with van der Waals surface area (Å²) in [6.07, 6.45) is -3.71. The van der Waals surface area contributed by atoms with Crippen LogP contribution in [0, 0.1) is 5.82 Å². The third-order valence-electron chi connectivity index (χ3n) is 6.59. The van der Waals surface area contributed by atoms with Gasteiger partial charge in [-0.1, -0.05) is 29.3 Å². The average Bonchev–Trinajstić information content (AvgIpc) is 2.95. The summed E-state index contributed by atoms with van der Waals surface area (Å²) in [4.78, 5) is 27.5. The van der Waals surface area contributed by atoms with Crippen molar-refractivity contribution in [3.05, 3.63) is 75.7 Å². The number of halogens is 3. The van der Waals surface area contributed by atoms with Crippen molar-refractivity contribution in [2.24, 2.45) is 5.73 Å². The highest BCUT2D eigenvalue weighted by atomic mass is 35.5. The predicted molar refractivity (Wildman–Crippen MR) is 142 cm³/mol. The van der Waals surface area contributed by atoms with Gasteiger partial charge in [0.25, 0.3) is 5.91 Å². The molecule has 0 aliphatic carbocycles. The Morgan fingerprint density at radius 2 is 1.45 bits per heavy atom. The molecule has 20 heteroatoms. The van der Waals surface area contributed by atoms with Crippen molar-refractivity contribution in [2.45, 2.75) is 29.5 Å². The van der Waals surface area contributed by atoms with Crippen LogP contribution in [-0.4, -0.2) is 102 Å². The maximum atomic E-state index is 14.7. The number of aromatic nitrogens is 1. The van der Waals surface area contributed by atoms with E-state index in [0.717, 1.165) is 24.3 Å². The molecule has 1 aliphatic rings. The van der Waals surface area contributed by atoms with Gasteiger partial charge in [-0.3, -0.25) is 14.5 Å². The molecule has 17 nitrogen and oxygen atoms in total. The number of nitrogens with zero attached hydrogens (tertiary/aromatic N) is 3. The lowest BCUT2D eigenvalue weighted by atomic mass is 10.0. The van der Waals surface area contributed by atoms with Crippen LogP contribution in [0.2, 0.25) is 10.0 Å². The van der Waals surface area contributed by atoms with Crippen molar-refractivity contribution in [2.75, 3.05) is 9.80 Å². The highest BCUT2D eigenvalue weighted by Gasteiger charge is 2.84. The first kappa shape index (κ1) is 33.3. The molecule has 2 aromatic carbocycles. The Balaban J connectivity index is 2.12. The SMILES string of the molecule is NC(=O)c1ccc(Cl)c(-c2cnc(N(C(=O)c3c(F)cccc3Cl)C(O)(O)O)c(N3C(O)(O)C(O)(O)C(O)(O)C3(O)O)c2)c1. The van der Waals surface area contributed by atoms with Crippen LogP contribution in [0.1, 0.15) is 20.7 Å². The molecule has 0 radical (unpaired) electrons. The van der Waals surface area contributed by atoms with Crippen molar-refractivity contribution >= 4 is 46.5 Å². The standard InChI is InChI=1S/C24H21Cl2FN4O13/c25-12-5-4-9(17(28)32)6-11(12)10-7-15(31-22(38,39)20(34,35)21(36,37)23(31,40)41)18(29-8-10)30(24(42,43)44)19(33)16-13(26)2-1-3-14(16)27/h1-8,34-44H,(H2,28,32). The highest BCUT2D eigenvalue weighted by Crippen LogP contribution is 2.52. The van der Waals surface area contributed by atoms with Crippen molar-refractivity contribution in [1.82, 2.24) is 4.98 Å². The van der Waals surface area contributed by atoms with Crippen LogP contribution in [-0.2, 0) is 0 Å². The van der Waals surface area contributed by atoms with Crippen LogP contribution in [0.5, 0.6) is 0 Å². The van der Waals surface area contributed by atoms with Gasteiger partial charge in [0.15, 0.2) is 5.82 Å². The minimum atomic E-state index is -4.70. The van der Waals surface area contributed by atoms with Gasteiger partial charge in [0.05, 0.1) is 16.3 Å². The second kappa shape index (κ2) is 10.5. The van der Waals surface area contributed by atoms with Gasteiger partial charge in [0, 0.05) is 27.9 Å². The molecular weight excluding hydrogens is 642 g/mol. The van der Waals surface area contributed by atoms with Crippen molar-refractivity contribution < 1.29 is 70.2 Å². The summed E-state index contributed by atoms with van der Waals surface area (Å²) in [6, 6.07) is 6.61. The van der Waals surface area contributed by atoms with Gasteiger partial charge in [0.2, 0.25) is 5.91 Å². The quantitative estimate of drug-likeness (QED) is 0.117. The molecule has 44 heavy (non-hydrogen) atoms. The van der Waals surface area contributed by atoms with Crippen molar-refractivity contribution in [1.29, 1.82) is 0 Å². The van der Waals surface area contributed by atoms with Crippen LogP contribution in [0.25, 0.3) is 11.1 Å². The van der Waals surface area contributed by atoms with E-state index < -0.39 is 79.0 Å². The van der Waals surface area contributed by atoms with Gasteiger partial charge in [-0.25, -0.2) is 14.3 Å². The normalized spacial score (nSPS) is 18.3. The Kier molecular flexibility index (Phi) is 7.94. The molecule has 3 aromatic rings. The smallest absolute Gasteiger partial charge is 0.366 e. The van der Waals surface area contributed by atoms with Gasteiger partial charge in [-0.2, -0.15) is 0 Å². The lowest BCUT2D eigenvalue weighted by Crippen LogP contribution is -2.66. The summed E-state index contributed by atoms with van der Waals surface area (Å²) >= 11 is 12.1. The zero-order chi connectivity index (χ0) is 33.4. The first-order valence-corrected chi connectivity index (χ1v) is 12.4. The lowest BCUT2D eigenvalue weighted by molar-refractivity contribution is -0.452. The number of carbonyl (C=O) groups is 2. The number of pyridine rings is 1. The van der Waals surface area contributed by atoms with Gasteiger partial charge < -0.3 is 61.9 Å². The first-order valence-electron chi connectivity index (χ1n) is 11.6. The second-order valence-corrected chi connectivity index (χ2v) is 10.2. The third-order valence-corrected chi connectivity index (χ3v) is 7.23. The Morgan fingerprint density at radius 3 is 1.95 bits per heavy atom. The summed E-state index contributed by atoms with van der Waals surface area (Å²) in [5, 5.41) is 113. The topological polar surface area (TPSA) is 302 Å². The maximum Gasteiger partial charge on any atom is 0.377 e. The van der Waals surface area contributed by atoms with Crippen LogP contribution in [0.3, 0.4) is 0 Å². The number of carbonyl (C=O) groups excluding carboxylic acids is 2. The number of anilines is 2. The van der Waals surface area contributed by atoms with Gasteiger partial charge in [-0.05, 0) is 36.4 Å². The molecule has 1 aromatic heterocycles. The molecule has 0 atom stereocenters. The fourth-order valence-electron chi connectivity index (χ4n) is 4.35. The van der Waals surface area contributed by atoms with E-state index in [1.54, 1.807) is 0 Å². The number of aliphatic hydroxyl groups is 11. The first-order chi connectivity index (χ1) is 20.0. The van der Waals surface area contributed by atoms with Gasteiger partial charge in [0.1, 0.15) is 5.82 Å². The van der Waals surface area contributed by atoms with Crippen LogP contribution in [0.15, 0.2) is 48.7 Å². The third kappa shape index (κ3) is 4.83. The summed E-state index contributed by atoms with van der Waals surface area (Å²) in [6.45, 7) is 0. The second-order valence-electron chi connectivity index (χ2n) is 9.41. The number of hydrogen-bond donors (Lipinski definition) is 12. The van der Waals surface area contributed by atoms with Gasteiger partial charge >= 0.3 is 29.5 Å². The fourth-order valence-corrected chi connectivity index (χ4v) is 4.82. The number of rotatable bonds is 6. The van der Waals surface area contributed by atoms with E-state index in [1.165, 1.54) is 6.07 Å². The lowest BCUT2D eigenvalue weighted by Gasteiger charge is -2.39. The zero-order valence-corrected chi connectivity index (χ0v) is 22.9. The monoisotopic (exact) mass is 662 g/mol. The number of amides is 2. The average molecular weight is 663 g/mol. The van der Waals surface area contributed by atoms with E-state index in [-0.39, 0.29) is 21.7 Å². The molecule has 0 bridgehead atoms. The number of primary amides is 1. The van der Waals surface area contributed by atoms with Crippen LogP contribution in [0.4, 0.5) is 15.9 Å². The summed E-state index contributed by atoms with van der Waals surface area (Å²) in [7, 11) is 0. The van der Waals surface area contributed by atoms with Crippen LogP contribution >= 0.6 is 23.2 Å². The molecule has 1 saturated heterocycles. The summed E-state index contributed by atoms with van der Waals surface area (Å²) in [5.41, 5.74) is 1.92.